The zero-order valence-electron chi connectivity index (χ0n) is 10.4. The summed E-state index contributed by atoms with van der Waals surface area (Å²) in [5.41, 5.74) is 6.47. The number of nitrogens with two attached hydrogens (primary N) is 1. The zero-order chi connectivity index (χ0) is 13.0. The summed E-state index contributed by atoms with van der Waals surface area (Å²) >= 11 is 0. The van der Waals surface area contributed by atoms with Gasteiger partial charge in [-0.05, 0) is 19.1 Å². The number of aryl methyl sites for hydroxylation is 1. The fraction of sp³-hybridized carbons (Fsp3) is 0.231. The minimum atomic E-state index is 0.256. The van der Waals surface area contributed by atoms with Gasteiger partial charge >= 0.3 is 0 Å². The maximum absolute atomic E-state index is 5.65. The third-order valence-corrected chi connectivity index (χ3v) is 2.35. The van der Waals surface area contributed by atoms with Gasteiger partial charge in [-0.2, -0.15) is 0 Å². The average Bonchev–Trinajstić information content (AvgIpc) is 2.35. The molecular weight excluding hydrogens is 230 g/mol. The molecule has 0 aliphatic heterocycles. The molecule has 18 heavy (non-hydrogen) atoms. The van der Waals surface area contributed by atoms with E-state index in [9.17, 15) is 0 Å². The molecule has 2 rings (SSSR count). The lowest BCUT2D eigenvalue weighted by molar-refractivity contribution is 0.276. The van der Waals surface area contributed by atoms with Crippen LogP contribution in [-0.4, -0.2) is 17.1 Å². The fourth-order valence-corrected chi connectivity index (χ4v) is 1.60. The number of hydrogen-bond acceptors (Lipinski definition) is 5. The molecule has 5 nitrogen and oxygen atoms in total. The summed E-state index contributed by atoms with van der Waals surface area (Å²) < 4.78 is 10.8. The minimum absolute atomic E-state index is 0.256. The highest BCUT2D eigenvalue weighted by molar-refractivity contribution is 5.39. The van der Waals surface area contributed by atoms with E-state index in [0.717, 1.165) is 5.69 Å². The van der Waals surface area contributed by atoms with Gasteiger partial charge in [-0.1, -0.05) is 12.1 Å². The number of hydrogen-bond donors (Lipinski definition) is 1. The Morgan fingerprint density at radius 2 is 1.89 bits per heavy atom. The molecule has 94 valence electrons. The van der Waals surface area contributed by atoms with Crippen LogP contribution in [0.25, 0.3) is 0 Å². The first-order valence-corrected chi connectivity index (χ1v) is 5.55. The number of aromatic nitrogens is 2. The second kappa shape index (κ2) is 5.35. The van der Waals surface area contributed by atoms with Gasteiger partial charge in [-0.25, -0.2) is 9.97 Å². The smallest absolute Gasteiger partial charge is 0.168 e. The van der Waals surface area contributed by atoms with Crippen LogP contribution in [0.1, 0.15) is 11.5 Å². The van der Waals surface area contributed by atoms with E-state index in [1.807, 2.05) is 31.2 Å². The molecule has 2 aromatic rings. The Kier molecular flexibility index (Phi) is 3.62. The standard InChI is InChI=1S/C13H15N3O2/c1-9-7-12(14)16-13(15-9)8-18-11-6-4-3-5-10(11)17-2/h3-7H,8H2,1-2H3,(H2,14,15,16). The van der Waals surface area contributed by atoms with Crippen molar-refractivity contribution in [1.82, 2.24) is 9.97 Å². The lowest BCUT2D eigenvalue weighted by Crippen LogP contribution is -2.05. The average molecular weight is 245 g/mol. The molecule has 1 heterocycles. The van der Waals surface area contributed by atoms with Crippen LogP contribution in [0.2, 0.25) is 0 Å². The van der Waals surface area contributed by atoms with Crippen molar-refractivity contribution in [1.29, 1.82) is 0 Å². The molecule has 0 fully saturated rings. The maximum Gasteiger partial charge on any atom is 0.168 e. The fourth-order valence-electron chi connectivity index (χ4n) is 1.60. The van der Waals surface area contributed by atoms with E-state index >= 15 is 0 Å². The van der Waals surface area contributed by atoms with Gasteiger partial charge in [0, 0.05) is 11.8 Å². The molecule has 0 aliphatic rings. The van der Waals surface area contributed by atoms with E-state index in [-0.39, 0.29) is 6.61 Å². The highest BCUT2D eigenvalue weighted by Crippen LogP contribution is 2.26. The number of benzene rings is 1. The van der Waals surface area contributed by atoms with Crippen LogP contribution in [0.5, 0.6) is 11.5 Å². The molecule has 1 aromatic carbocycles. The quantitative estimate of drug-likeness (QED) is 0.891. The molecular formula is C13H15N3O2. The van der Waals surface area contributed by atoms with Crippen molar-refractivity contribution in [2.45, 2.75) is 13.5 Å². The molecule has 2 N–H and O–H groups in total. The molecule has 0 spiro atoms. The Balaban J connectivity index is 2.11. The van der Waals surface area contributed by atoms with Crippen LogP contribution >= 0.6 is 0 Å². The van der Waals surface area contributed by atoms with Gasteiger partial charge in [0.15, 0.2) is 17.3 Å². The maximum atomic E-state index is 5.65. The molecule has 1 aromatic heterocycles. The van der Waals surface area contributed by atoms with E-state index in [4.69, 9.17) is 15.2 Å². The Labute approximate surface area is 106 Å². The molecule has 0 bridgehead atoms. The SMILES string of the molecule is COc1ccccc1OCc1nc(C)cc(N)n1. The van der Waals surface area contributed by atoms with Crippen LogP contribution in [0.15, 0.2) is 30.3 Å². The van der Waals surface area contributed by atoms with Crippen molar-refractivity contribution in [2.24, 2.45) is 0 Å². The van der Waals surface area contributed by atoms with Gasteiger partial charge in [-0.3, -0.25) is 0 Å². The number of nitrogen functional groups attached to an aromatic ring is 1. The van der Waals surface area contributed by atoms with Crippen molar-refractivity contribution < 1.29 is 9.47 Å². The predicted molar refractivity (Wildman–Crippen MR) is 68.5 cm³/mol. The monoisotopic (exact) mass is 245 g/mol. The number of nitrogens with zero attached hydrogens (tertiary/aromatic N) is 2. The summed E-state index contributed by atoms with van der Waals surface area (Å²) in [6.45, 7) is 2.12. The second-order valence-corrected chi connectivity index (χ2v) is 3.79. The van der Waals surface area contributed by atoms with Gasteiger partial charge in [0.2, 0.25) is 0 Å². The molecule has 5 heteroatoms. The number of anilines is 1. The minimum Gasteiger partial charge on any atom is -0.493 e. The third kappa shape index (κ3) is 2.88. The van der Waals surface area contributed by atoms with Gasteiger partial charge in [-0.15, -0.1) is 0 Å². The highest BCUT2D eigenvalue weighted by atomic mass is 16.5. The first-order valence-electron chi connectivity index (χ1n) is 5.55. The van der Waals surface area contributed by atoms with Crippen LogP contribution in [-0.2, 0) is 6.61 Å². The number of methoxy groups -OCH3 is 1. The molecule has 0 aliphatic carbocycles. The van der Waals surface area contributed by atoms with Gasteiger partial charge < -0.3 is 15.2 Å². The van der Waals surface area contributed by atoms with Crippen LogP contribution in [0, 0.1) is 6.92 Å². The predicted octanol–water partition coefficient (Wildman–Crippen LogP) is 1.95. The summed E-state index contributed by atoms with van der Waals surface area (Å²) in [7, 11) is 1.60. The van der Waals surface area contributed by atoms with E-state index in [1.54, 1.807) is 13.2 Å². The first kappa shape index (κ1) is 12.2. The van der Waals surface area contributed by atoms with Gasteiger partial charge in [0.1, 0.15) is 12.4 Å². The molecule has 0 saturated heterocycles. The Morgan fingerprint density at radius 3 is 2.56 bits per heavy atom. The Hall–Kier alpha value is -2.30. The summed E-state index contributed by atoms with van der Waals surface area (Å²) in [6.07, 6.45) is 0. The van der Waals surface area contributed by atoms with Crippen molar-refractivity contribution in [3.05, 3.63) is 41.9 Å². The molecule has 0 amide bonds. The van der Waals surface area contributed by atoms with Crippen molar-refractivity contribution in [3.63, 3.8) is 0 Å². The number of para-hydroxylation sites is 2. The highest BCUT2D eigenvalue weighted by Gasteiger charge is 2.05. The van der Waals surface area contributed by atoms with E-state index < -0.39 is 0 Å². The van der Waals surface area contributed by atoms with Crippen LogP contribution < -0.4 is 15.2 Å². The number of rotatable bonds is 4. The van der Waals surface area contributed by atoms with Gasteiger partial charge in [0.25, 0.3) is 0 Å². The summed E-state index contributed by atoms with van der Waals surface area (Å²) in [6, 6.07) is 9.14. The molecule has 0 unspecified atom stereocenters. The van der Waals surface area contributed by atoms with Gasteiger partial charge in [0.05, 0.1) is 7.11 Å². The Morgan fingerprint density at radius 1 is 1.17 bits per heavy atom. The second-order valence-electron chi connectivity index (χ2n) is 3.79. The van der Waals surface area contributed by atoms with E-state index in [0.29, 0.717) is 23.1 Å². The molecule has 0 radical (unpaired) electrons. The number of ether oxygens (including phenoxy) is 2. The van der Waals surface area contributed by atoms with E-state index in [1.165, 1.54) is 0 Å². The lowest BCUT2D eigenvalue weighted by Gasteiger charge is -2.09. The van der Waals surface area contributed by atoms with Crippen molar-refractivity contribution >= 4 is 5.82 Å². The molecule has 0 atom stereocenters. The summed E-state index contributed by atoms with van der Waals surface area (Å²) in [5, 5.41) is 0. The summed E-state index contributed by atoms with van der Waals surface area (Å²) in [5.74, 6) is 2.33. The third-order valence-electron chi connectivity index (χ3n) is 2.35. The van der Waals surface area contributed by atoms with Crippen molar-refractivity contribution in [3.8, 4) is 11.5 Å². The topological polar surface area (TPSA) is 70.3 Å². The van der Waals surface area contributed by atoms with Crippen molar-refractivity contribution in [2.75, 3.05) is 12.8 Å². The largest absolute Gasteiger partial charge is 0.493 e. The van der Waals surface area contributed by atoms with Crippen LogP contribution in [0.4, 0.5) is 5.82 Å². The van der Waals surface area contributed by atoms with E-state index in [2.05, 4.69) is 9.97 Å². The zero-order valence-corrected chi connectivity index (χ0v) is 10.4. The lowest BCUT2D eigenvalue weighted by atomic mass is 10.3. The normalized spacial score (nSPS) is 10.1. The summed E-state index contributed by atoms with van der Waals surface area (Å²) in [4.78, 5) is 8.35. The molecule has 0 saturated carbocycles. The Bertz CT molecular complexity index is 523. The van der Waals surface area contributed by atoms with Crippen LogP contribution in [0.3, 0.4) is 0 Å². The first-order chi connectivity index (χ1) is 8.69.